The lowest BCUT2D eigenvalue weighted by Crippen LogP contribution is -2.39. The van der Waals surface area contributed by atoms with E-state index in [1.54, 1.807) is 6.33 Å². The van der Waals surface area contributed by atoms with Crippen molar-refractivity contribution in [2.75, 3.05) is 42.3 Å². The van der Waals surface area contributed by atoms with Gasteiger partial charge in [0.25, 0.3) is 0 Å². The molecule has 7 heteroatoms. The van der Waals surface area contributed by atoms with E-state index in [2.05, 4.69) is 39.0 Å². The second-order valence-corrected chi connectivity index (χ2v) is 6.99. The molecule has 0 aromatic carbocycles. The smallest absolute Gasteiger partial charge is 0.133 e. The third-order valence-corrected chi connectivity index (χ3v) is 4.46. The van der Waals surface area contributed by atoms with Gasteiger partial charge in [-0.25, -0.2) is 19.9 Å². The van der Waals surface area contributed by atoms with Crippen molar-refractivity contribution in [2.45, 2.75) is 38.6 Å². The highest BCUT2D eigenvalue weighted by molar-refractivity contribution is 5.48. The Kier molecular flexibility index (Phi) is 5.31. The standard InChI is InChI=1S/C18H27N7/c1-13(2)18-19-8-5-16(23-18)25-9-6-14(7-10-25)22-15-11-17(24(3)4)21-12-20-15/h5,8,11-14H,6-7,9-10H2,1-4H3,(H,20,21,22). The summed E-state index contributed by atoms with van der Waals surface area (Å²) in [5.74, 6) is 4.10. The Labute approximate surface area is 149 Å². The van der Waals surface area contributed by atoms with Crippen LogP contribution in [0, 0.1) is 0 Å². The Balaban J connectivity index is 1.59. The average molecular weight is 341 g/mol. The van der Waals surface area contributed by atoms with E-state index in [4.69, 9.17) is 4.98 Å². The predicted octanol–water partition coefficient (Wildman–Crippen LogP) is 2.54. The molecule has 3 rings (SSSR count). The average Bonchev–Trinajstić information content (AvgIpc) is 2.62. The second kappa shape index (κ2) is 7.63. The number of hydrogen-bond acceptors (Lipinski definition) is 7. The Hall–Kier alpha value is -2.44. The third-order valence-electron chi connectivity index (χ3n) is 4.46. The van der Waals surface area contributed by atoms with Crippen molar-refractivity contribution >= 4 is 17.5 Å². The lowest BCUT2D eigenvalue weighted by Gasteiger charge is -2.33. The summed E-state index contributed by atoms with van der Waals surface area (Å²) in [5.41, 5.74) is 0. The molecule has 1 fully saturated rings. The van der Waals surface area contributed by atoms with Crippen molar-refractivity contribution in [3.8, 4) is 0 Å². The van der Waals surface area contributed by atoms with Gasteiger partial charge in [0.05, 0.1) is 0 Å². The van der Waals surface area contributed by atoms with Gasteiger partial charge in [0, 0.05) is 51.4 Å². The van der Waals surface area contributed by atoms with Gasteiger partial charge in [0.1, 0.15) is 29.6 Å². The molecule has 134 valence electrons. The van der Waals surface area contributed by atoms with Gasteiger partial charge >= 0.3 is 0 Å². The highest BCUT2D eigenvalue weighted by Gasteiger charge is 2.21. The fourth-order valence-electron chi connectivity index (χ4n) is 2.95. The van der Waals surface area contributed by atoms with E-state index in [9.17, 15) is 0 Å². The fraction of sp³-hybridized carbons (Fsp3) is 0.556. The number of hydrogen-bond donors (Lipinski definition) is 1. The van der Waals surface area contributed by atoms with Gasteiger partial charge in [-0.05, 0) is 18.9 Å². The normalized spacial score (nSPS) is 15.5. The first kappa shape index (κ1) is 17.4. The summed E-state index contributed by atoms with van der Waals surface area (Å²) >= 11 is 0. The first-order chi connectivity index (χ1) is 12.0. The molecule has 2 aromatic heterocycles. The summed E-state index contributed by atoms with van der Waals surface area (Å²) < 4.78 is 0. The molecule has 7 nitrogen and oxygen atoms in total. The number of nitrogens with zero attached hydrogens (tertiary/aromatic N) is 6. The van der Waals surface area contributed by atoms with Crippen LogP contribution in [0.1, 0.15) is 38.4 Å². The lowest BCUT2D eigenvalue weighted by molar-refractivity contribution is 0.521. The van der Waals surface area contributed by atoms with Gasteiger partial charge < -0.3 is 15.1 Å². The Bertz CT molecular complexity index is 693. The molecule has 0 spiro atoms. The van der Waals surface area contributed by atoms with Crippen LogP contribution in [0.15, 0.2) is 24.7 Å². The van der Waals surface area contributed by atoms with Gasteiger partial charge in [-0.2, -0.15) is 0 Å². The Morgan fingerprint density at radius 1 is 1.16 bits per heavy atom. The maximum atomic E-state index is 4.70. The first-order valence-corrected chi connectivity index (χ1v) is 8.86. The van der Waals surface area contributed by atoms with Crippen molar-refractivity contribution in [3.05, 3.63) is 30.5 Å². The summed E-state index contributed by atoms with van der Waals surface area (Å²) in [4.78, 5) is 22.0. The molecule has 1 saturated heterocycles. The largest absolute Gasteiger partial charge is 0.367 e. The molecule has 1 N–H and O–H groups in total. The summed E-state index contributed by atoms with van der Waals surface area (Å²) in [7, 11) is 3.97. The molecular formula is C18H27N7. The second-order valence-electron chi connectivity index (χ2n) is 6.99. The molecule has 1 aliphatic rings. The molecule has 0 atom stereocenters. The van der Waals surface area contributed by atoms with Gasteiger partial charge in [-0.1, -0.05) is 13.8 Å². The summed E-state index contributed by atoms with van der Waals surface area (Å²) in [6.07, 6.45) is 5.59. The molecule has 1 aliphatic heterocycles. The quantitative estimate of drug-likeness (QED) is 0.896. The molecule has 2 aromatic rings. The van der Waals surface area contributed by atoms with Gasteiger partial charge in [-0.3, -0.25) is 0 Å². The highest BCUT2D eigenvalue weighted by Crippen LogP contribution is 2.22. The van der Waals surface area contributed by atoms with Crippen LogP contribution in [0.25, 0.3) is 0 Å². The van der Waals surface area contributed by atoms with Crippen molar-refractivity contribution in [3.63, 3.8) is 0 Å². The van der Waals surface area contributed by atoms with Crippen LogP contribution in [-0.4, -0.2) is 53.2 Å². The summed E-state index contributed by atoms with van der Waals surface area (Å²) in [6, 6.07) is 4.42. The van der Waals surface area contributed by atoms with E-state index >= 15 is 0 Å². The molecule has 25 heavy (non-hydrogen) atoms. The van der Waals surface area contributed by atoms with Crippen LogP contribution in [0.5, 0.6) is 0 Å². The molecular weight excluding hydrogens is 314 g/mol. The zero-order valence-electron chi connectivity index (χ0n) is 15.5. The summed E-state index contributed by atoms with van der Waals surface area (Å²) in [5, 5.41) is 3.54. The maximum absolute atomic E-state index is 4.70. The molecule has 0 saturated carbocycles. The molecule has 0 aliphatic carbocycles. The zero-order chi connectivity index (χ0) is 17.8. The monoisotopic (exact) mass is 341 g/mol. The number of nitrogens with one attached hydrogen (secondary N) is 1. The van der Waals surface area contributed by atoms with E-state index in [0.29, 0.717) is 12.0 Å². The molecule has 3 heterocycles. The van der Waals surface area contributed by atoms with E-state index in [1.165, 1.54) is 0 Å². The van der Waals surface area contributed by atoms with Crippen molar-refractivity contribution < 1.29 is 0 Å². The van der Waals surface area contributed by atoms with E-state index in [1.807, 2.05) is 37.3 Å². The minimum Gasteiger partial charge on any atom is -0.367 e. The minimum atomic E-state index is 0.350. The van der Waals surface area contributed by atoms with Crippen LogP contribution in [-0.2, 0) is 0 Å². The molecule has 0 radical (unpaired) electrons. The van der Waals surface area contributed by atoms with Crippen LogP contribution in [0.4, 0.5) is 17.5 Å². The van der Waals surface area contributed by atoms with Crippen LogP contribution in [0.2, 0.25) is 0 Å². The van der Waals surface area contributed by atoms with Crippen LogP contribution >= 0.6 is 0 Å². The van der Waals surface area contributed by atoms with E-state index in [0.717, 1.165) is 49.2 Å². The van der Waals surface area contributed by atoms with E-state index in [-0.39, 0.29) is 0 Å². The van der Waals surface area contributed by atoms with Gasteiger partial charge in [0.15, 0.2) is 0 Å². The van der Waals surface area contributed by atoms with Crippen molar-refractivity contribution in [2.24, 2.45) is 0 Å². The number of rotatable bonds is 5. The molecule has 0 amide bonds. The van der Waals surface area contributed by atoms with Crippen molar-refractivity contribution in [1.29, 1.82) is 0 Å². The maximum Gasteiger partial charge on any atom is 0.133 e. The van der Waals surface area contributed by atoms with Gasteiger partial charge in [0.2, 0.25) is 0 Å². The van der Waals surface area contributed by atoms with Crippen LogP contribution < -0.4 is 15.1 Å². The predicted molar refractivity (Wildman–Crippen MR) is 101 cm³/mol. The number of anilines is 3. The number of aromatic nitrogens is 4. The zero-order valence-corrected chi connectivity index (χ0v) is 15.5. The third kappa shape index (κ3) is 4.35. The SMILES string of the molecule is CC(C)c1nccc(N2CCC(Nc3cc(N(C)C)ncn3)CC2)n1. The lowest BCUT2D eigenvalue weighted by atomic mass is 10.1. The number of piperidine rings is 1. The topological polar surface area (TPSA) is 70.1 Å². The highest BCUT2D eigenvalue weighted by atomic mass is 15.2. The first-order valence-electron chi connectivity index (χ1n) is 8.86. The fourth-order valence-corrected chi connectivity index (χ4v) is 2.95. The van der Waals surface area contributed by atoms with Crippen molar-refractivity contribution in [1.82, 2.24) is 19.9 Å². The molecule has 0 unspecified atom stereocenters. The molecule has 0 bridgehead atoms. The van der Waals surface area contributed by atoms with Gasteiger partial charge in [-0.15, -0.1) is 0 Å². The van der Waals surface area contributed by atoms with E-state index < -0.39 is 0 Å². The Morgan fingerprint density at radius 2 is 1.92 bits per heavy atom. The summed E-state index contributed by atoms with van der Waals surface area (Å²) in [6.45, 7) is 6.22. The minimum absolute atomic E-state index is 0.350. The Morgan fingerprint density at radius 3 is 2.60 bits per heavy atom. The van der Waals surface area contributed by atoms with Crippen LogP contribution in [0.3, 0.4) is 0 Å².